The number of rotatable bonds is 16. The topological polar surface area (TPSA) is 252 Å². The fourth-order valence-corrected chi connectivity index (χ4v) is 4.54. The number of carboxylic acid groups (broad SMARTS) is 1. The Balaban J connectivity index is 2.16. The third kappa shape index (κ3) is 10.3. The van der Waals surface area contributed by atoms with Crippen molar-refractivity contribution in [2.45, 2.75) is 75.5 Å². The molecular weight excluding hydrogens is 520 g/mol. The van der Waals surface area contributed by atoms with E-state index in [4.69, 9.17) is 22.9 Å². The predicted octanol–water partition coefficient (Wildman–Crippen LogP) is -1.51. The molecular formula is C26H42N8O6. The maximum atomic E-state index is 13.4. The van der Waals surface area contributed by atoms with Crippen LogP contribution in [0.4, 0.5) is 0 Å². The van der Waals surface area contributed by atoms with Crippen molar-refractivity contribution >= 4 is 29.7 Å². The number of nitrogens with zero attached hydrogens (tertiary/aromatic N) is 2. The molecule has 4 atom stereocenters. The van der Waals surface area contributed by atoms with E-state index in [1.54, 1.807) is 12.1 Å². The van der Waals surface area contributed by atoms with Gasteiger partial charge in [0.2, 0.25) is 17.7 Å². The van der Waals surface area contributed by atoms with Crippen LogP contribution in [0.2, 0.25) is 0 Å². The molecule has 2 rings (SSSR count). The zero-order chi connectivity index (χ0) is 29.7. The molecule has 1 fully saturated rings. The third-order valence-corrected chi connectivity index (χ3v) is 6.69. The molecule has 40 heavy (non-hydrogen) atoms. The summed E-state index contributed by atoms with van der Waals surface area (Å²) >= 11 is 0. The fourth-order valence-electron chi connectivity index (χ4n) is 4.54. The number of hydrogen-bond donors (Lipinski definition) is 8. The molecule has 222 valence electrons. The molecule has 1 aromatic carbocycles. The van der Waals surface area contributed by atoms with E-state index in [9.17, 15) is 29.4 Å². The number of aliphatic carboxylic acids is 1. The molecule has 0 aliphatic carbocycles. The standard InChI is InChI=1S/C26H42N8O6/c27-12-2-1-5-20(24(38)34-14-4-7-21(34)25(39)40)33-23(37)19(6-3-13-31-26(29)30)32-22(36)18(28)15-16-8-10-17(35)11-9-16/h8-11,18-21,35H,1-7,12-15,27-28H2,(H,32,36)(H,33,37)(H,39,40)(H4,29,30,31). The van der Waals surface area contributed by atoms with Gasteiger partial charge < -0.3 is 48.7 Å². The first-order valence-electron chi connectivity index (χ1n) is 13.5. The highest BCUT2D eigenvalue weighted by atomic mass is 16.4. The molecule has 0 radical (unpaired) electrons. The summed E-state index contributed by atoms with van der Waals surface area (Å²) in [5, 5.41) is 24.4. The lowest BCUT2D eigenvalue weighted by molar-refractivity contribution is -0.149. The van der Waals surface area contributed by atoms with Crippen molar-refractivity contribution in [2.24, 2.45) is 27.9 Å². The fraction of sp³-hybridized carbons (Fsp3) is 0.577. The van der Waals surface area contributed by atoms with Crippen LogP contribution >= 0.6 is 0 Å². The number of nitrogens with two attached hydrogens (primary N) is 4. The van der Waals surface area contributed by atoms with Crippen LogP contribution in [0.3, 0.4) is 0 Å². The number of amides is 3. The Morgan fingerprint density at radius 3 is 2.27 bits per heavy atom. The Labute approximate surface area is 233 Å². The molecule has 1 aromatic rings. The van der Waals surface area contributed by atoms with E-state index in [-0.39, 0.29) is 44.1 Å². The van der Waals surface area contributed by atoms with Crippen LogP contribution in [0.25, 0.3) is 0 Å². The number of phenols is 1. The van der Waals surface area contributed by atoms with Gasteiger partial charge in [0.15, 0.2) is 5.96 Å². The highest BCUT2D eigenvalue weighted by Crippen LogP contribution is 2.20. The van der Waals surface area contributed by atoms with E-state index in [0.717, 1.165) is 5.56 Å². The van der Waals surface area contributed by atoms with Gasteiger partial charge in [-0.25, -0.2) is 4.79 Å². The van der Waals surface area contributed by atoms with E-state index in [2.05, 4.69) is 15.6 Å². The van der Waals surface area contributed by atoms with E-state index in [1.165, 1.54) is 17.0 Å². The van der Waals surface area contributed by atoms with Crippen LogP contribution in [0.15, 0.2) is 29.3 Å². The molecule has 0 saturated carbocycles. The summed E-state index contributed by atoms with van der Waals surface area (Å²) in [5.74, 6) is -2.78. The quantitative estimate of drug-likeness (QED) is 0.0656. The largest absolute Gasteiger partial charge is 0.508 e. The van der Waals surface area contributed by atoms with Gasteiger partial charge in [0.25, 0.3) is 0 Å². The van der Waals surface area contributed by atoms with Gasteiger partial charge in [0.1, 0.15) is 23.9 Å². The van der Waals surface area contributed by atoms with E-state index >= 15 is 0 Å². The monoisotopic (exact) mass is 562 g/mol. The van der Waals surface area contributed by atoms with E-state index in [1.807, 2.05) is 0 Å². The summed E-state index contributed by atoms with van der Waals surface area (Å²) in [5.41, 5.74) is 23.2. The minimum absolute atomic E-state index is 0.0819. The summed E-state index contributed by atoms with van der Waals surface area (Å²) in [6, 6.07) is 2.28. The highest BCUT2D eigenvalue weighted by molar-refractivity contribution is 5.94. The Morgan fingerprint density at radius 1 is 1.00 bits per heavy atom. The minimum atomic E-state index is -1.09. The molecule has 0 bridgehead atoms. The summed E-state index contributed by atoms with van der Waals surface area (Å²) in [7, 11) is 0. The summed E-state index contributed by atoms with van der Waals surface area (Å²) < 4.78 is 0. The second-order valence-electron chi connectivity index (χ2n) is 9.86. The normalized spacial score (nSPS) is 16.9. The van der Waals surface area contributed by atoms with Crippen LogP contribution in [0.5, 0.6) is 5.75 Å². The summed E-state index contributed by atoms with van der Waals surface area (Å²) in [6.07, 6.45) is 2.99. The molecule has 1 aliphatic heterocycles. The Hall–Kier alpha value is -3.91. The number of benzene rings is 1. The van der Waals surface area contributed by atoms with Crippen molar-refractivity contribution in [1.82, 2.24) is 15.5 Å². The average Bonchev–Trinajstić information content (AvgIpc) is 3.41. The molecule has 1 heterocycles. The third-order valence-electron chi connectivity index (χ3n) is 6.69. The number of unbranched alkanes of at least 4 members (excludes halogenated alkanes) is 1. The van der Waals surface area contributed by atoms with Crippen LogP contribution in [0.1, 0.15) is 50.5 Å². The van der Waals surface area contributed by atoms with Crippen LogP contribution in [-0.4, -0.2) is 88.6 Å². The minimum Gasteiger partial charge on any atom is -0.508 e. The van der Waals surface area contributed by atoms with Gasteiger partial charge >= 0.3 is 5.97 Å². The second kappa shape index (κ2) is 16.3. The molecule has 4 unspecified atom stereocenters. The lowest BCUT2D eigenvalue weighted by atomic mass is 10.0. The number of carboxylic acids is 1. The first-order valence-corrected chi connectivity index (χ1v) is 13.5. The zero-order valence-electron chi connectivity index (χ0n) is 22.6. The number of phenolic OH excluding ortho intramolecular Hbond substituents is 1. The first-order chi connectivity index (χ1) is 19.0. The molecule has 0 aromatic heterocycles. The molecule has 14 nitrogen and oxygen atoms in total. The first kappa shape index (κ1) is 32.3. The van der Waals surface area contributed by atoms with Crippen molar-refractivity contribution in [3.05, 3.63) is 29.8 Å². The van der Waals surface area contributed by atoms with Crippen molar-refractivity contribution in [1.29, 1.82) is 0 Å². The number of guanidine groups is 1. The highest BCUT2D eigenvalue weighted by Gasteiger charge is 2.38. The average molecular weight is 563 g/mol. The molecule has 12 N–H and O–H groups in total. The van der Waals surface area contributed by atoms with Gasteiger partial charge in [-0.2, -0.15) is 0 Å². The van der Waals surface area contributed by atoms with Gasteiger partial charge in [-0.1, -0.05) is 12.1 Å². The van der Waals surface area contributed by atoms with Crippen LogP contribution in [0, 0.1) is 0 Å². The van der Waals surface area contributed by atoms with Gasteiger partial charge in [-0.05, 0) is 75.6 Å². The van der Waals surface area contributed by atoms with Gasteiger partial charge in [-0.15, -0.1) is 0 Å². The molecule has 14 heteroatoms. The number of likely N-dealkylation sites (tertiary alicyclic amines) is 1. The number of carbonyl (C=O) groups excluding carboxylic acids is 3. The maximum absolute atomic E-state index is 13.4. The maximum Gasteiger partial charge on any atom is 0.326 e. The van der Waals surface area contributed by atoms with Gasteiger partial charge in [0.05, 0.1) is 6.04 Å². The lowest BCUT2D eigenvalue weighted by Gasteiger charge is -2.29. The molecule has 1 saturated heterocycles. The number of carbonyl (C=O) groups is 4. The Morgan fingerprint density at radius 2 is 1.65 bits per heavy atom. The van der Waals surface area contributed by atoms with Crippen LogP contribution < -0.4 is 33.6 Å². The van der Waals surface area contributed by atoms with Gasteiger partial charge in [0, 0.05) is 13.1 Å². The van der Waals surface area contributed by atoms with Crippen molar-refractivity contribution < 1.29 is 29.4 Å². The zero-order valence-corrected chi connectivity index (χ0v) is 22.6. The summed E-state index contributed by atoms with van der Waals surface area (Å²) in [6.45, 7) is 0.900. The molecule has 3 amide bonds. The number of aliphatic imine (C=N–C) groups is 1. The van der Waals surface area contributed by atoms with Crippen molar-refractivity contribution in [3.63, 3.8) is 0 Å². The lowest BCUT2D eigenvalue weighted by Crippen LogP contribution is -2.57. The predicted molar refractivity (Wildman–Crippen MR) is 149 cm³/mol. The number of nitrogens with one attached hydrogen (secondary N) is 2. The number of hydrogen-bond acceptors (Lipinski definition) is 8. The molecule has 0 spiro atoms. The van der Waals surface area contributed by atoms with E-state index < -0.39 is 47.9 Å². The number of aromatic hydroxyl groups is 1. The van der Waals surface area contributed by atoms with Crippen LogP contribution in [-0.2, 0) is 25.6 Å². The second-order valence-corrected chi connectivity index (χ2v) is 9.86. The Bertz CT molecular complexity index is 1030. The van der Waals surface area contributed by atoms with Gasteiger partial charge in [-0.3, -0.25) is 19.4 Å². The SMILES string of the molecule is NCCCCC(NC(=O)C(CCCN=C(N)N)NC(=O)C(N)Cc1ccc(O)cc1)C(=O)N1CCCC1C(=O)O. The smallest absolute Gasteiger partial charge is 0.326 e. The van der Waals surface area contributed by atoms with Crippen molar-refractivity contribution in [2.75, 3.05) is 19.6 Å². The van der Waals surface area contributed by atoms with E-state index in [0.29, 0.717) is 38.6 Å². The van der Waals surface area contributed by atoms with Crippen molar-refractivity contribution in [3.8, 4) is 5.75 Å². The Kier molecular flexibility index (Phi) is 13.1. The summed E-state index contributed by atoms with van der Waals surface area (Å²) in [4.78, 5) is 56.6. The molecule has 1 aliphatic rings.